The molecule has 20 atom stereocenters. The van der Waals surface area contributed by atoms with E-state index in [1.165, 1.54) is 72.3 Å². The van der Waals surface area contributed by atoms with E-state index in [1.807, 2.05) is 6.92 Å². The monoisotopic (exact) mass is 1840 g/mol. The number of nitrogens with one attached hydrogen (secondary N) is 6. The van der Waals surface area contributed by atoms with Crippen LogP contribution >= 0.6 is 46.6 Å². The Hall–Kier alpha value is -6.62. The van der Waals surface area contributed by atoms with E-state index < -0.39 is 180 Å². The lowest BCUT2D eigenvalue weighted by atomic mass is 10.1. The van der Waals surface area contributed by atoms with E-state index in [9.17, 15) is 94.2 Å². The summed E-state index contributed by atoms with van der Waals surface area (Å²) in [5.74, 6) is -0.424. The van der Waals surface area contributed by atoms with Crippen LogP contribution in [0.2, 0.25) is 0 Å². The van der Waals surface area contributed by atoms with Crippen molar-refractivity contribution in [3.8, 4) is 0 Å². The molecule has 0 radical (unpaired) electrons. The molecule has 10 rings (SSSR count). The van der Waals surface area contributed by atoms with Crippen molar-refractivity contribution in [3.05, 3.63) is 165 Å². The minimum absolute atomic E-state index is 0.0679. The number of aromatic nitrogens is 6. The van der Waals surface area contributed by atoms with Gasteiger partial charge in [-0.25, -0.2) is 9.59 Å². The Morgan fingerprint density at radius 2 is 0.772 bits per heavy atom. The minimum Gasteiger partial charge on any atom is -0.388 e. The molecule has 0 spiro atoms. The SMILES string of the molecule is C=C1NC(=O)C(C)=CN1[C@@H]1O[C@H](CCP(=C)(C)C)[C@@H](O)[C@H]1O.C=CC1=CN([C@@H]2O[C@H](CCP(=C)(C)C)[C@@H](O)[C@H]2O)C(=C)NC1=O.C=P(C)(C)CC[C@H]1OC(n2cc(/C=C/C(C)=O)c(=O)[nH]c2=O)[C@H](O)[C@@H]1O.C=P(C)(C)CC[C@H]1OC(n2cc(/C=C/C(C)=O)c(=O)[nH]c2=O)[C@H](O)[C@@H]1O.C=P(C)(C)CC[C@H]1OC(n2cc(CNCCC)c(=O)[nH]c2=S)[C@H](O)[C@@H]1O. The van der Waals surface area contributed by atoms with Crippen molar-refractivity contribution >= 4 is 114 Å². The van der Waals surface area contributed by atoms with Gasteiger partial charge in [-0.1, -0.05) is 32.7 Å². The summed E-state index contributed by atoms with van der Waals surface area (Å²) in [5, 5.41) is 111. The first-order valence-corrected chi connectivity index (χ1v) is 55.7. The molecule has 10 heterocycles. The van der Waals surface area contributed by atoms with Crippen LogP contribution in [-0.4, -0.2) is 352 Å². The number of hydrogen-bond donors (Lipinski definition) is 16. The number of ether oxygens (including phenoxy) is 5. The molecule has 7 aliphatic rings. The molecule has 5 saturated heterocycles. The molecule has 16 N–H and O–H groups in total. The predicted molar refractivity (Wildman–Crippen MR) is 496 cm³/mol. The van der Waals surface area contributed by atoms with E-state index in [0.29, 0.717) is 67.0 Å². The van der Waals surface area contributed by atoms with E-state index in [2.05, 4.69) is 149 Å². The highest BCUT2D eigenvalue weighted by molar-refractivity contribution is 7.73. The molecule has 0 aromatic carbocycles. The second-order valence-electron chi connectivity index (χ2n) is 35.1. The van der Waals surface area contributed by atoms with E-state index in [0.717, 1.165) is 52.9 Å². The van der Waals surface area contributed by atoms with E-state index >= 15 is 0 Å². The lowest BCUT2D eigenvalue weighted by Crippen LogP contribution is -2.47. The molecule has 3 aromatic heterocycles. The van der Waals surface area contributed by atoms with Crippen molar-refractivity contribution in [1.82, 2.24) is 54.4 Å². The molecular formula is C82H130N11O24P5S. The Labute approximate surface area is 722 Å². The summed E-state index contributed by atoms with van der Waals surface area (Å²) >= 11 is 5.24. The predicted octanol–water partition coefficient (Wildman–Crippen LogP) is 1.68. The van der Waals surface area contributed by atoms with Crippen molar-refractivity contribution < 1.29 is 93.9 Å². The van der Waals surface area contributed by atoms with Gasteiger partial charge in [0, 0.05) is 48.7 Å². The van der Waals surface area contributed by atoms with Crippen LogP contribution < -0.4 is 44.0 Å². The topological polar surface area (TPSA) is 507 Å². The average molecular weight is 1840 g/mol. The number of allylic oxidation sites excluding steroid dienone is 2. The fourth-order valence-corrected chi connectivity index (χ4v) is 18.5. The normalized spacial score (nSPS) is 28.6. The zero-order chi connectivity index (χ0) is 92.8. The highest BCUT2D eigenvalue weighted by atomic mass is 32.1. The first-order chi connectivity index (χ1) is 56.9. The van der Waals surface area contributed by atoms with Crippen molar-refractivity contribution in [2.75, 3.05) is 104 Å². The van der Waals surface area contributed by atoms with Crippen LogP contribution in [0.25, 0.3) is 12.2 Å². The smallest absolute Gasteiger partial charge is 0.330 e. The summed E-state index contributed by atoms with van der Waals surface area (Å²) in [4.78, 5) is 115. The number of amides is 2. The largest absolute Gasteiger partial charge is 0.388 e. The Bertz CT molecular complexity index is 4930. The van der Waals surface area contributed by atoms with Gasteiger partial charge in [-0.15, -0.1) is 65.9 Å². The lowest BCUT2D eigenvalue weighted by molar-refractivity contribution is -0.120. The third-order valence-electron chi connectivity index (χ3n) is 20.5. The highest BCUT2D eigenvalue weighted by Gasteiger charge is 2.50. The van der Waals surface area contributed by atoms with Gasteiger partial charge in [-0.3, -0.25) is 62.2 Å². The number of carbonyl (C=O) groups excluding carboxylic acids is 4. The Balaban J connectivity index is 0.000000238. The minimum atomic E-state index is -1.33. The first kappa shape index (κ1) is 105. The van der Waals surface area contributed by atoms with Gasteiger partial charge in [0.25, 0.3) is 28.5 Å². The number of aromatic amines is 3. The molecule has 0 saturated carbocycles. The van der Waals surface area contributed by atoms with Crippen LogP contribution in [-0.2, 0) is 49.4 Å². The van der Waals surface area contributed by atoms with Gasteiger partial charge in [0.15, 0.2) is 47.5 Å². The van der Waals surface area contributed by atoms with Crippen molar-refractivity contribution in [2.24, 2.45) is 0 Å². The van der Waals surface area contributed by atoms with E-state index in [4.69, 9.17) is 35.9 Å². The zero-order valence-electron chi connectivity index (χ0n) is 72.7. The molecule has 7 aliphatic heterocycles. The standard InChI is InChI=1S/C17H30N3O4PS.2C17H25N2O6P.C16H25N2O4P.C15H25N2O4P/c1-5-7-18-9-11-10-20(17(26)19-15(11)23)16-14(22)13(21)12(24-16)6-8-25(2,3)4;2*1-10(20)5-6-11-9-19(17(24)18-15(11)23)16-14(22)13(21)12(25-16)7-8-26(2,3)4;1-6-11-9-18(10(2)17-15(11)21)16-14(20)13(19)12(22-16)7-8-23(3,4)5;1-9-8-17(10(2)16-14(9)20)15-13(19)12(18)11(21-15)6-7-22(3,4)5/h10,12-14,16,18,21-22H,2,5-9H2,1,3-4H3,(H,19,23,26);2*5-6,9,12-14,16,21-22H,2,7-8H2,1,3-4H3,(H,18,23,24);6,9,12-14,16,19-20H,1-3,7-8H2,4-5H3,(H,17,21);8,11-13,15,18-19H,2-3,6-7H2,1,4-5H3,(H,16,20)/b;2*6-5+;;/t3*12-,13-,14-,16?;12-,13-,14-,16-;11-,12-,13-,15-/m11111/s1. The van der Waals surface area contributed by atoms with Crippen LogP contribution in [0.15, 0.2) is 116 Å². The van der Waals surface area contributed by atoms with Gasteiger partial charge in [-0.05, 0) is 200 Å². The third-order valence-corrected chi connectivity index (χ3v) is 28.2. The maximum atomic E-state index is 12.1. The molecule has 123 heavy (non-hydrogen) atoms. The van der Waals surface area contributed by atoms with Gasteiger partial charge in [0.05, 0.1) is 47.2 Å². The summed E-state index contributed by atoms with van der Waals surface area (Å²) in [5.41, 5.74) is -1.63. The second kappa shape index (κ2) is 44.9. The van der Waals surface area contributed by atoms with E-state index in [-0.39, 0.29) is 44.8 Å². The molecule has 2 amide bonds. The fourth-order valence-electron chi connectivity index (χ4n) is 13.4. The maximum absolute atomic E-state index is 12.1. The Kier molecular flexibility index (Phi) is 38.4. The number of aliphatic hydroxyl groups is 10. The number of H-pyrrole nitrogens is 3. The molecule has 688 valence electrons. The van der Waals surface area contributed by atoms with Gasteiger partial charge in [0.2, 0.25) is 0 Å². The number of carbonyl (C=O) groups is 4. The van der Waals surface area contributed by atoms with Crippen molar-refractivity contribution in [3.63, 3.8) is 0 Å². The summed E-state index contributed by atoms with van der Waals surface area (Å²) in [6, 6.07) is 0. The molecule has 3 unspecified atom stereocenters. The molecule has 3 aromatic rings. The van der Waals surface area contributed by atoms with Gasteiger partial charge in [-0.2, -0.15) is 0 Å². The van der Waals surface area contributed by atoms with Crippen LogP contribution in [0.4, 0.5) is 0 Å². The highest BCUT2D eigenvalue weighted by Crippen LogP contribution is 2.44. The summed E-state index contributed by atoms with van der Waals surface area (Å²) in [7, 11) is 0. The summed E-state index contributed by atoms with van der Waals surface area (Å²) in [6.07, 6.45) is 23.7. The zero-order valence-corrected chi connectivity index (χ0v) is 78.0. The van der Waals surface area contributed by atoms with Crippen LogP contribution in [0, 0.1) is 4.77 Å². The van der Waals surface area contributed by atoms with Gasteiger partial charge < -0.3 is 100 Å². The third kappa shape index (κ3) is 30.5. The molecule has 41 heteroatoms. The first-order valence-electron chi connectivity index (χ1n) is 40.0. The number of ketones is 2. The molecule has 0 aliphatic carbocycles. The molecular weight excluding hydrogens is 1710 g/mol. The Morgan fingerprint density at radius 1 is 0.463 bits per heavy atom. The van der Waals surface area contributed by atoms with Crippen molar-refractivity contribution in [1.29, 1.82) is 0 Å². The lowest BCUT2D eigenvalue weighted by Gasteiger charge is -2.34. The Morgan fingerprint density at radius 3 is 1.09 bits per heavy atom. The second-order valence-corrected chi connectivity index (χ2v) is 57.1. The number of nitrogens with zero attached hydrogens (tertiary/aromatic N) is 5. The number of rotatable bonds is 29. The summed E-state index contributed by atoms with van der Waals surface area (Å²) in [6.45, 7) is 33.3. The summed E-state index contributed by atoms with van der Waals surface area (Å²) < 4.78 is 32.8. The fraction of sp³-hybridized carbons (Fsp3) is 0.573. The molecule has 5 fully saturated rings. The molecule has 35 nitrogen and oxygen atoms in total. The van der Waals surface area contributed by atoms with Crippen LogP contribution in [0.5, 0.6) is 0 Å². The quantitative estimate of drug-likeness (QED) is 0.0203. The van der Waals surface area contributed by atoms with E-state index in [1.54, 1.807) is 24.2 Å². The number of hydrogen-bond acceptors (Lipinski definition) is 28. The van der Waals surface area contributed by atoms with Crippen molar-refractivity contribution in [2.45, 2.75) is 195 Å². The average Bonchev–Trinajstić information content (AvgIpc) is 1.68. The van der Waals surface area contributed by atoms with Gasteiger partial charge in [0.1, 0.15) is 72.7 Å². The van der Waals surface area contributed by atoms with Gasteiger partial charge >= 0.3 is 11.4 Å². The van der Waals surface area contributed by atoms with Crippen LogP contribution in [0.1, 0.15) is 102 Å². The maximum Gasteiger partial charge on any atom is 0.330 e. The molecule has 0 bridgehead atoms. The van der Waals surface area contributed by atoms with Crippen LogP contribution in [0.3, 0.4) is 0 Å². The number of aliphatic hydroxyl groups excluding tert-OH is 10.